The Bertz CT molecular complexity index is 402. The number of nitrogens with one attached hydrogen (secondary N) is 1. The van der Waals surface area contributed by atoms with Gasteiger partial charge in [0.2, 0.25) is 0 Å². The first-order valence-electron chi connectivity index (χ1n) is 5.13. The van der Waals surface area contributed by atoms with Crippen LogP contribution < -0.4 is 5.32 Å². The van der Waals surface area contributed by atoms with Gasteiger partial charge in [0.15, 0.2) is 5.76 Å². The van der Waals surface area contributed by atoms with Crippen molar-refractivity contribution in [2.45, 2.75) is 19.4 Å². The van der Waals surface area contributed by atoms with Crippen molar-refractivity contribution in [3.63, 3.8) is 0 Å². The van der Waals surface area contributed by atoms with Gasteiger partial charge in [0.25, 0.3) is 5.91 Å². The zero-order valence-corrected chi connectivity index (χ0v) is 10.5. The van der Waals surface area contributed by atoms with Gasteiger partial charge in [-0.25, -0.2) is 4.79 Å². The highest BCUT2D eigenvalue weighted by molar-refractivity contribution is 7.98. The molecule has 17 heavy (non-hydrogen) atoms. The van der Waals surface area contributed by atoms with Crippen molar-refractivity contribution in [2.24, 2.45) is 0 Å². The second-order valence-electron chi connectivity index (χ2n) is 3.56. The molecule has 0 saturated heterocycles. The lowest BCUT2D eigenvalue weighted by atomic mass is 10.2. The van der Waals surface area contributed by atoms with Crippen molar-refractivity contribution in [3.8, 4) is 0 Å². The summed E-state index contributed by atoms with van der Waals surface area (Å²) < 4.78 is 5.12. The van der Waals surface area contributed by atoms with E-state index in [4.69, 9.17) is 9.52 Å². The molecule has 0 aliphatic carbocycles. The molecule has 2 N–H and O–H groups in total. The summed E-state index contributed by atoms with van der Waals surface area (Å²) in [7, 11) is 0. The van der Waals surface area contributed by atoms with E-state index >= 15 is 0 Å². The van der Waals surface area contributed by atoms with E-state index in [1.54, 1.807) is 13.0 Å². The highest BCUT2D eigenvalue weighted by atomic mass is 32.2. The minimum Gasteiger partial charge on any atom is -0.480 e. The molecule has 5 nitrogen and oxygen atoms in total. The van der Waals surface area contributed by atoms with Gasteiger partial charge in [-0.2, -0.15) is 11.8 Å². The van der Waals surface area contributed by atoms with Gasteiger partial charge in [-0.05, 0) is 37.5 Å². The molecule has 0 spiro atoms. The molecule has 0 bridgehead atoms. The standard InChI is InChI=1S/C11H15NO4S/c1-7-3-4-9(16-7)10(13)12-8(11(14)15)5-6-17-2/h3-4,8H,5-6H2,1-2H3,(H,12,13)(H,14,15)/t8-/m0/s1. The number of furan rings is 1. The molecule has 0 radical (unpaired) electrons. The molecule has 94 valence electrons. The van der Waals surface area contributed by atoms with Crippen molar-refractivity contribution in [1.82, 2.24) is 5.32 Å². The number of carboxylic acid groups (broad SMARTS) is 1. The Balaban J connectivity index is 2.60. The maximum Gasteiger partial charge on any atom is 0.326 e. The second kappa shape index (κ2) is 6.34. The molecule has 1 heterocycles. The van der Waals surface area contributed by atoms with Crippen LogP contribution in [0.5, 0.6) is 0 Å². The topological polar surface area (TPSA) is 79.5 Å². The molecule has 6 heteroatoms. The fourth-order valence-corrected chi connectivity index (χ4v) is 1.75. The molecular weight excluding hydrogens is 242 g/mol. The summed E-state index contributed by atoms with van der Waals surface area (Å²) in [6.45, 7) is 1.72. The first-order chi connectivity index (χ1) is 8.04. The summed E-state index contributed by atoms with van der Waals surface area (Å²) in [6, 6.07) is 2.31. The van der Waals surface area contributed by atoms with Gasteiger partial charge in [0, 0.05) is 0 Å². The van der Waals surface area contributed by atoms with Crippen molar-refractivity contribution < 1.29 is 19.1 Å². The third-order valence-corrected chi connectivity index (χ3v) is 2.82. The van der Waals surface area contributed by atoms with Gasteiger partial charge in [-0.1, -0.05) is 0 Å². The highest BCUT2D eigenvalue weighted by Crippen LogP contribution is 2.07. The largest absolute Gasteiger partial charge is 0.480 e. The van der Waals surface area contributed by atoms with Gasteiger partial charge in [-0.15, -0.1) is 0 Å². The van der Waals surface area contributed by atoms with Crippen LogP contribution in [0.1, 0.15) is 22.7 Å². The molecule has 1 amide bonds. The zero-order chi connectivity index (χ0) is 12.8. The Hall–Kier alpha value is -1.43. The number of carboxylic acids is 1. The minimum absolute atomic E-state index is 0.137. The van der Waals surface area contributed by atoms with Gasteiger partial charge in [0.1, 0.15) is 11.8 Å². The number of hydrogen-bond acceptors (Lipinski definition) is 4. The smallest absolute Gasteiger partial charge is 0.326 e. The Kier molecular flexibility index (Phi) is 5.09. The van der Waals surface area contributed by atoms with Crippen LogP contribution in [0.3, 0.4) is 0 Å². The van der Waals surface area contributed by atoms with Crippen LogP contribution in [0, 0.1) is 6.92 Å². The van der Waals surface area contributed by atoms with Crippen molar-refractivity contribution in [3.05, 3.63) is 23.7 Å². The van der Waals surface area contributed by atoms with Crippen LogP contribution in [-0.4, -0.2) is 35.0 Å². The SMILES string of the molecule is CSCC[C@H](NC(=O)c1ccc(C)o1)C(=O)O. The predicted molar refractivity (Wildman–Crippen MR) is 65.3 cm³/mol. The molecule has 0 fully saturated rings. The molecule has 0 aliphatic rings. The zero-order valence-electron chi connectivity index (χ0n) is 9.73. The van der Waals surface area contributed by atoms with Crippen molar-refractivity contribution >= 4 is 23.6 Å². The summed E-state index contributed by atoms with van der Waals surface area (Å²) in [4.78, 5) is 22.6. The highest BCUT2D eigenvalue weighted by Gasteiger charge is 2.21. The van der Waals surface area contributed by atoms with Gasteiger partial charge >= 0.3 is 5.97 Å². The van der Waals surface area contributed by atoms with Crippen LogP contribution >= 0.6 is 11.8 Å². The Morgan fingerprint density at radius 2 is 2.24 bits per heavy atom. The third-order valence-electron chi connectivity index (χ3n) is 2.18. The lowest BCUT2D eigenvalue weighted by Crippen LogP contribution is -2.41. The Morgan fingerprint density at radius 1 is 1.53 bits per heavy atom. The van der Waals surface area contributed by atoms with E-state index in [1.165, 1.54) is 17.8 Å². The first-order valence-corrected chi connectivity index (χ1v) is 6.53. The fraction of sp³-hybridized carbons (Fsp3) is 0.455. The predicted octanol–water partition coefficient (Wildman–Crippen LogP) is 1.52. The Morgan fingerprint density at radius 3 is 2.71 bits per heavy atom. The van der Waals surface area contributed by atoms with E-state index in [2.05, 4.69) is 5.32 Å². The number of aliphatic carboxylic acids is 1. The number of hydrogen-bond donors (Lipinski definition) is 2. The molecule has 0 aromatic carbocycles. The molecule has 0 aliphatic heterocycles. The summed E-state index contributed by atoms with van der Waals surface area (Å²) in [5.41, 5.74) is 0. The van der Waals surface area contributed by atoms with E-state index in [9.17, 15) is 9.59 Å². The third kappa shape index (κ3) is 4.14. The number of carbonyl (C=O) groups excluding carboxylic acids is 1. The van der Waals surface area contributed by atoms with Gasteiger partial charge < -0.3 is 14.8 Å². The van der Waals surface area contributed by atoms with E-state index in [0.717, 1.165) is 0 Å². The molecule has 0 unspecified atom stereocenters. The molecular formula is C11H15NO4S. The molecule has 1 aromatic rings. The average molecular weight is 257 g/mol. The van der Waals surface area contributed by atoms with Crippen LogP contribution in [0.4, 0.5) is 0 Å². The summed E-state index contributed by atoms with van der Waals surface area (Å²) in [5.74, 6) is -0.0969. The molecule has 1 rings (SSSR count). The summed E-state index contributed by atoms with van der Waals surface area (Å²) in [6.07, 6.45) is 2.28. The van der Waals surface area contributed by atoms with Crippen LogP contribution in [-0.2, 0) is 4.79 Å². The monoisotopic (exact) mass is 257 g/mol. The molecule has 1 aromatic heterocycles. The van der Waals surface area contributed by atoms with E-state index < -0.39 is 17.9 Å². The van der Waals surface area contributed by atoms with Crippen LogP contribution in [0.2, 0.25) is 0 Å². The molecule has 0 saturated carbocycles. The summed E-state index contributed by atoms with van der Waals surface area (Å²) in [5, 5.41) is 11.4. The number of thioether (sulfide) groups is 1. The van der Waals surface area contributed by atoms with Crippen molar-refractivity contribution in [2.75, 3.05) is 12.0 Å². The van der Waals surface area contributed by atoms with Gasteiger partial charge in [-0.3, -0.25) is 4.79 Å². The Labute approximate surface area is 104 Å². The summed E-state index contributed by atoms with van der Waals surface area (Å²) >= 11 is 1.54. The van der Waals surface area contributed by atoms with Crippen molar-refractivity contribution in [1.29, 1.82) is 0 Å². The van der Waals surface area contributed by atoms with Gasteiger partial charge in [0.05, 0.1) is 0 Å². The lowest BCUT2D eigenvalue weighted by molar-refractivity contribution is -0.139. The van der Waals surface area contributed by atoms with Crippen LogP contribution in [0.15, 0.2) is 16.5 Å². The average Bonchev–Trinajstić information content (AvgIpc) is 2.70. The normalized spacial score (nSPS) is 12.1. The minimum atomic E-state index is -1.03. The number of aryl methyl sites for hydroxylation is 1. The maximum absolute atomic E-state index is 11.7. The molecule has 1 atom stereocenters. The quantitative estimate of drug-likeness (QED) is 0.807. The lowest BCUT2D eigenvalue weighted by Gasteiger charge is -2.12. The van der Waals surface area contributed by atoms with E-state index in [-0.39, 0.29) is 5.76 Å². The first kappa shape index (κ1) is 13.6. The number of amides is 1. The number of carbonyl (C=O) groups is 2. The fourth-order valence-electron chi connectivity index (χ4n) is 1.28. The van der Waals surface area contributed by atoms with E-state index in [0.29, 0.717) is 17.9 Å². The van der Waals surface area contributed by atoms with Crippen LogP contribution in [0.25, 0.3) is 0 Å². The second-order valence-corrected chi connectivity index (χ2v) is 4.54. The number of rotatable bonds is 6. The maximum atomic E-state index is 11.7. The van der Waals surface area contributed by atoms with E-state index in [1.807, 2.05) is 6.26 Å².